The van der Waals surface area contributed by atoms with Crippen LogP contribution >= 0.6 is 22.9 Å². The van der Waals surface area contributed by atoms with E-state index in [0.717, 1.165) is 11.3 Å². The van der Waals surface area contributed by atoms with Crippen molar-refractivity contribution in [2.75, 3.05) is 0 Å². The second-order valence-electron chi connectivity index (χ2n) is 5.19. The number of hydrogen-bond acceptors (Lipinski definition) is 4. The number of fused-ring (bicyclic) bond motifs is 1. The highest BCUT2D eigenvalue weighted by Gasteiger charge is 2.51. The Hall–Kier alpha value is -1.64. The topological polar surface area (TPSA) is 52.9 Å². The van der Waals surface area contributed by atoms with E-state index in [2.05, 4.69) is 5.10 Å². The lowest BCUT2D eigenvalue weighted by molar-refractivity contribution is -0.164. The fraction of sp³-hybridized carbons (Fsp3) is 0.286. The molecule has 1 atom stereocenters. The number of hydrogen-bond donors (Lipinski definition) is 1. The summed E-state index contributed by atoms with van der Waals surface area (Å²) < 4.78 is 40.0. The van der Waals surface area contributed by atoms with Crippen LogP contribution in [0.1, 0.15) is 23.0 Å². The minimum atomic E-state index is -3.20. The van der Waals surface area contributed by atoms with Crippen LogP contribution in [-0.2, 0) is 0 Å². The fourth-order valence-corrected chi connectivity index (χ4v) is 3.87. The zero-order valence-corrected chi connectivity index (χ0v) is 13.3. The summed E-state index contributed by atoms with van der Waals surface area (Å²) in [6, 6.07) is 3.78. The van der Waals surface area contributed by atoms with Gasteiger partial charge in [-0.05, 0) is 25.1 Å². The molecule has 0 aliphatic carbocycles. The Morgan fingerprint density at radius 1 is 1.52 bits per heavy atom. The van der Waals surface area contributed by atoms with E-state index in [0.29, 0.717) is 15.1 Å². The molecule has 0 unspecified atom stereocenters. The summed E-state index contributed by atoms with van der Waals surface area (Å²) in [5.74, 6) is -1.45. The third-order valence-electron chi connectivity index (χ3n) is 3.48. The largest absolute Gasteiger partial charge is 0.364 e. The summed E-state index contributed by atoms with van der Waals surface area (Å²) in [5.41, 5.74) is -2.50. The van der Waals surface area contributed by atoms with Gasteiger partial charge in [-0.25, -0.2) is 13.2 Å². The van der Waals surface area contributed by atoms with Crippen molar-refractivity contribution in [3.05, 3.63) is 33.9 Å². The quantitative estimate of drug-likeness (QED) is 0.881. The molecule has 9 heteroatoms. The van der Waals surface area contributed by atoms with E-state index in [9.17, 15) is 23.1 Å². The molecule has 1 aliphatic rings. The molecule has 1 aromatic heterocycles. The molecule has 0 fully saturated rings. The molecule has 0 radical (unpaired) electrons. The number of carbonyl (C=O) groups is 1. The van der Waals surface area contributed by atoms with Crippen molar-refractivity contribution >= 4 is 44.6 Å². The van der Waals surface area contributed by atoms with Crippen molar-refractivity contribution in [2.24, 2.45) is 5.10 Å². The summed E-state index contributed by atoms with van der Waals surface area (Å²) in [5, 5.41) is 14.6. The van der Waals surface area contributed by atoms with Gasteiger partial charge in [-0.3, -0.25) is 4.79 Å². The van der Waals surface area contributed by atoms with Crippen LogP contribution in [0.4, 0.5) is 13.2 Å². The van der Waals surface area contributed by atoms with E-state index in [1.54, 1.807) is 0 Å². The van der Waals surface area contributed by atoms with E-state index < -0.39 is 30.3 Å². The summed E-state index contributed by atoms with van der Waals surface area (Å²) in [6.45, 7) is 1.43. The smallest absolute Gasteiger partial charge is 0.288 e. The lowest BCUT2D eigenvalue weighted by Gasteiger charge is -2.29. The standard InChI is InChI=1S/C14H10ClF3N2O2S/c1-6-5-14(22,13(17)18)20(19-6)12(21)11-10(15)8-3-2-7(16)4-9(8)23-11/h2-4,13,22H,5H2,1H3/t14-/m0/s1. The molecule has 0 spiro atoms. The van der Waals surface area contributed by atoms with Crippen LogP contribution in [0.15, 0.2) is 23.3 Å². The van der Waals surface area contributed by atoms with Crippen molar-refractivity contribution in [1.29, 1.82) is 0 Å². The molecule has 1 aliphatic heterocycles. The van der Waals surface area contributed by atoms with Crippen LogP contribution in [0.2, 0.25) is 5.02 Å². The third-order valence-corrected chi connectivity index (χ3v) is 5.13. The second-order valence-corrected chi connectivity index (χ2v) is 6.62. The van der Waals surface area contributed by atoms with Gasteiger partial charge in [0.25, 0.3) is 12.3 Å². The van der Waals surface area contributed by atoms with Crippen LogP contribution in [-0.4, -0.2) is 33.9 Å². The van der Waals surface area contributed by atoms with Gasteiger partial charge < -0.3 is 5.11 Å². The Morgan fingerprint density at radius 2 is 2.22 bits per heavy atom. The monoisotopic (exact) mass is 362 g/mol. The SMILES string of the molecule is CC1=NN(C(=O)c2sc3cc(F)ccc3c2Cl)[C@@](O)(C(F)F)C1. The lowest BCUT2D eigenvalue weighted by Crippen LogP contribution is -2.51. The van der Waals surface area contributed by atoms with Gasteiger partial charge in [0.2, 0.25) is 5.72 Å². The fourth-order valence-electron chi connectivity index (χ4n) is 2.41. The first kappa shape index (κ1) is 16.2. The van der Waals surface area contributed by atoms with E-state index in [1.165, 1.54) is 25.1 Å². The molecule has 4 nitrogen and oxygen atoms in total. The van der Waals surface area contributed by atoms with Crippen LogP contribution in [0.3, 0.4) is 0 Å². The summed E-state index contributed by atoms with van der Waals surface area (Å²) in [4.78, 5) is 12.5. The van der Waals surface area contributed by atoms with Crippen molar-refractivity contribution in [3.8, 4) is 0 Å². The van der Waals surface area contributed by atoms with Crippen molar-refractivity contribution in [3.63, 3.8) is 0 Å². The molecule has 0 bridgehead atoms. The molecule has 1 N–H and O–H groups in total. The number of aliphatic hydroxyl groups is 1. The maximum atomic E-state index is 13.3. The molecule has 1 amide bonds. The molecule has 3 rings (SSSR count). The van der Waals surface area contributed by atoms with Gasteiger partial charge in [-0.2, -0.15) is 10.1 Å². The zero-order valence-electron chi connectivity index (χ0n) is 11.7. The van der Waals surface area contributed by atoms with Gasteiger partial charge in [0.15, 0.2) is 0 Å². The highest BCUT2D eigenvalue weighted by atomic mass is 35.5. The molecular weight excluding hydrogens is 353 g/mol. The summed E-state index contributed by atoms with van der Waals surface area (Å²) in [6.07, 6.45) is -3.65. The van der Waals surface area contributed by atoms with Gasteiger partial charge in [-0.1, -0.05) is 11.6 Å². The summed E-state index contributed by atoms with van der Waals surface area (Å²) in [7, 11) is 0. The maximum absolute atomic E-state index is 13.3. The number of hydrazone groups is 1. The third kappa shape index (κ3) is 2.50. The predicted octanol–water partition coefficient (Wildman–Crippen LogP) is 3.87. The maximum Gasteiger partial charge on any atom is 0.288 e. The molecule has 0 saturated carbocycles. The first-order valence-corrected chi connectivity index (χ1v) is 7.70. The van der Waals surface area contributed by atoms with Crippen LogP contribution in [0.25, 0.3) is 10.1 Å². The predicted molar refractivity (Wildman–Crippen MR) is 81.6 cm³/mol. The Balaban J connectivity index is 2.08. The van der Waals surface area contributed by atoms with E-state index in [-0.39, 0.29) is 15.6 Å². The van der Waals surface area contributed by atoms with Crippen molar-refractivity contribution < 1.29 is 23.1 Å². The molecule has 23 heavy (non-hydrogen) atoms. The highest BCUT2D eigenvalue weighted by Crippen LogP contribution is 2.39. The minimum Gasteiger partial charge on any atom is -0.364 e. The van der Waals surface area contributed by atoms with Crippen molar-refractivity contribution in [2.45, 2.75) is 25.5 Å². The number of halogens is 4. The van der Waals surface area contributed by atoms with Gasteiger partial charge >= 0.3 is 0 Å². The summed E-state index contributed by atoms with van der Waals surface area (Å²) >= 11 is 6.97. The van der Waals surface area contributed by atoms with Gasteiger partial charge in [0.05, 0.1) is 5.02 Å². The minimum absolute atomic E-state index is 0.0198. The van der Waals surface area contributed by atoms with Gasteiger partial charge in [0.1, 0.15) is 10.7 Å². The molecular formula is C14H10ClF3N2O2S. The Morgan fingerprint density at radius 3 is 2.87 bits per heavy atom. The van der Waals surface area contributed by atoms with E-state index >= 15 is 0 Å². The molecule has 2 heterocycles. The number of benzene rings is 1. The van der Waals surface area contributed by atoms with Crippen LogP contribution < -0.4 is 0 Å². The molecule has 1 aromatic carbocycles. The first-order valence-electron chi connectivity index (χ1n) is 6.51. The van der Waals surface area contributed by atoms with E-state index in [1.807, 2.05) is 0 Å². The first-order chi connectivity index (χ1) is 10.7. The molecule has 0 saturated heterocycles. The highest BCUT2D eigenvalue weighted by molar-refractivity contribution is 7.21. The average molecular weight is 363 g/mol. The molecule has 2 aromatic rings. The van der Waals surface area contributed by atoms with Crippen LogP contribution in [0, 0.1) is 5.82 Å². The number of carbonyl (C=O) groups excluding carboxylic acids is 1. The number of nitrogens with zero attached hydrogens (tertiary/aromatic N) is 2. The average Bonchev–Trinajstić information content (AvgIpc) is 2.96. The van der Waals surface area contributed by atoms with Crippen LogP contribution in [0.5, 0.6) is 0 Å². The number of alkyl halides is 2. The van der Waals surface area contributed by atoms with E-state index in [4.69, 9.17) is 11.6 Å². The Bertz CT molecular complexity index is 839. The molecule has 122 valence electrons. The van der Waals surface area contributed by atoms with Gasteiger partial charge in [0, 0.05) is 22.2 Å². The normalized spacial score (nSPS) is 21.3. The second kappa shape index (κ2) is 5.47. The number of rotatable bonds is 2. The number of amides is 1. The van der Waals surface area contributed by atoms with Crippen molar-refractivity contribution in [1.82, 2.24) is 5.01 Å². The zero-order chi connectivity index (χ0) is 16.9. The lowest BCUT2D eigenvalue weighted by atomic mass is 10.1. The Kier molecular flexibility index (Phi) is 3.86. The Labute approximate surface area is 137 Å². The number of thiophene rings is 1. The van der Waals surface area contributed by atoms with Gasteiger partial charge in [-0.15, -0.1) is 11.3 Å².